The third-order valence-electron chi connectivity index (χ3n) is 1.43. The van der Waals surface area contributed by atoms with Gasteiger partial charge in [0, 0.05) is 0 Å². The van der Waals surface area contributed by atoms with Crippen LogP contribution in [-0.2, 0) is 0 Å². The van der Waals surface area contributed by atoms with Gasteiger partial charge in [-0.05, 0) is 0 Å². The quantitative estimate of drug-likeness (QED) is 0.398. The Morgan fingerprint density at radius 3 is 2.67 bits per heavy atom. The number of allylic oxidation sites excluding steroid dienone is 2. The van der Waals surface area contributed by atoms with Crippen molar-refractivity contribution in [3.05, 3.63) is 12.2 Å². The summed E-state index contributed by atoms with van der Waals surface area (Å²) >= 11 is 0. The molecule has 0 atom stereocenters. The Bertz CT molecular complexity index is 112. The maximum atomic E-state index is 2.20. The molecular formula is C8H15B. The third kappa shape index (κ3) is 5.55. The molecule has 9 heavy (non-hydrogen) atoms. The van der Waals surface area contributed by atoms with E-state index < -0.39 is 0 Å². The molecule has 0 saturated carbocycles. The van der Waals surface area contributed by atoms with Crippen LogP contribution in [-0.4, -0.2) is 12.4 Å². The first kappa shape index (κ1) is 8.67. The molecular weight excluding hydrogens is 107 g/mol. The molecule has 0 heterocycles. The van der Waals surface area contributed by atoms with Crippen LogP contribution >= 0.6 is 0 Å². The van der Waals surface area contributed by atoms with Crippen molar-refractivity contribution in [1.82, 2.24) is 0 Å². The van der Waals surface area contributed by atoms with E-state index in [1.165, 1.54) is 18.3 Å². The molecule has 50 valence electrons. The van der Waals surface area contributed by atoms with Crippen LogP contribution in [0.4, 0.5) is 0 Å². The summed E-state index contributed by atoms with van der Waals surface area (Å²) in [5.41, 5.74) is 1.48. The minimum atomic E-state index is 1.19. The first-order chi connectivity index (χ1) is 4.31. The molecule has 0 aromatic carbocycles. The van der Waals surface area contributed by atoms with Crippen LogP contribution in [0.2, 0.25) is 6.82 Å². The third-order valence-corrected chi connectivity index (χ3v) is 1.43. The van der Waals surface area contributed by atoms with E-state index in [4.69, 9.17) is 0 Å². The normalized spacial score (nSPS) is 12.1. The van der Waals surface area contributed by atoms with Crippen molar-refractivity contribution in [2.75, 3.05) is 0 Å². The van der Waals surface area contributed by atoms with E-state index in [2.05, 4.69) is 39.7 Å². The minimum absolute atomic E-state index is 1.19. The van der Waals surface area contributed by atoms with Crippen molar-refractivity contribution in [1.29, 1.82) is 0 Å². The molecule has 0 saturated heterocycles. The van der Waals surface area contributed by atoms with Crippen molar-refractivity contribution < 1.29 is 0 Å². The molecule has 0 aromatic heterocycles. The second-order valence-corrected chi connectivity index (χ2v) is 2.24. The van der Waals surface area contributed by atoms with E-state index in [1.807, 2.05) is 0 Å². The second-order valence-electron chi connectivity index (χ2n) is 2.24. The summed E-state index contributed by atoms with van der Waals surface area (Å²) in [4.78, 5) is 0. The average molecular weight is 122 g/mol. The molecule has 0 unspecified atom stereocenters. The Hall–Kier alpha value is -0.325. The van der Waals surface area contributed by atoms with Crippen LogP contribution in [0.15, 0.2) is 12.2 Å². The summed E-state index contributed by atoms with van der Waals surface area (Å²) in [6, 6.07) is 0. The van der Waals surface area contributed by atoms with Crippen LogP contribution < -0.4 is 0 Å². The van der Waals surface area contributed by atoms with Crippen LogP contribution in [0.25, 0.3) is 0 Å². The molecule has 0 amide bonds. The van der Waals surface area contributed by atoms with E-state index in [1.54, 1.807) is 0 Å². The number of hydrogen-bond donors (Lipinski definition) is 0. The Morgan fingerprint density at radius 1 is 1.56 bits per heavy atom. The van der Waals surface area contributed by atoms with E-state index in [0.29, 0.717) is 0 Å². The average Bonchev–Trinajstić information content (AvgIpc) is 1.89. The van der Waals surface area contributed by atoms with Crippen molar-refractivity contribution in [2.45, 2.75) is 33.5 Å². The molecule has 0 radical (unpaired) electrons. The predicted octanol–water partition coefficient (Wildman–Crippen LogP) is 2.29. The Balaban J connectivity index is 3.28. The molecule has 1 heteroatoms. The summed E-state index contributed by atoms with van der Waals surface area (Å²) in [6.45, 7) is 8.49. The second kappa shape index (κ2) is 5.81. The fourth-order valence-corrected chi connectivity index (χ4v) is 0.622. The van der Waals surface area contributed by atoms with E-state index in [9.17, 15) is 0 Å². The Kier molecular flexibility index (Phi) is 5.60. The first-order valence-corrected chi connectivity index (χ1v) is 3.54. The van der Waals surface area contributed by atoms with Gasteiger partial charge in [-0.15, -0.1) is 0 Å². The van der Waals surface area contributed by atoms with E-state index in [0.717, 1.165) is 0 Å². The molecule has 0 spiro atoms. The van der Waals surface area contributed by atoms with Gasteiger partial charge in [0.15, 0.2) is 0 Å². The molecule has 0 aliphatic carbocycles. The molecule has 0 aliphatic heterocycles. The fourth-order valence-electron chi connectivity index (χ4n) is 0.622. The van der Waals surface area contributed by atoms with Crippen LogP contribution in [0.5, 0.6) is 0 Å². The Labute approximate surface area is 58.9 Å². The van der Waals surface area contributed by atoms with Gasteiger partial charge >= 0.3 is 58.0 Å². The van der Waals surface area contributed by atoms with Gasteiger partial charge in [-0.1, -0.05) is 0 Å². The summed E-state index contributed by atoms with van der Waals surface area (Å²) in [5, 5.41) is 0. The van der Waals surface area contributed by atoms with Crippen LogP contribution in [0, 0.1) is 0 Å². The summed E-state index contributed by atoms with van der Waals surface area (Å²) in [6.07, 6.45) is 6.70. The van der Waals surface area contributed by atoms with Crippen LogP contribution in [0.3, 0.4) is 0 Å². The molecule has 0 N–H and O–H groups in total. The monoisotopic (exact) mass is 122 g/mol. The van der Waals surface area contributed by atoms with Crippen molar-refractivity contribution in [2.24, 2.45) is 0 Å². The summed E-state index contributed by atoms with van der Waals surface area (Å²) in [7, 11) is 0. The number of rotatable bonds is 3. The standard InChI is InChI=1S/C8H15B/c1-4-5-6-7-8(2)9-3/h4-5H,6-7H2,1-3H3/b5-4+. The number of hydrogen-bond acceptors (Lipinski definition) is 0. The van der Waals surface area contributed by atoms with Gasteiger partial charge in [0.2, 0.25) is 0 Å². The van der Waals surface area contributed by atoms with E-state index in [-0.39, 0.29) is 0 Å². The fraction of sp³-hybridized carbons (Fsp3) is 0.625. The van der Waals surface area contributed by atoms with Crippen molar-refractivity contribution in [3.8, 4) is 0 Å². The topological polar surface area (TPSA) is 0 Å². The summed E-state index contributed by atoms with van der Waals surface area (Å²) < 4.78 is 0. The summed E-state index contributed by atoms with van der Waals surface area (Å²) in [5.74, 6) is 0. The van der Waals surface area contributed by atoms with Crippen molar-refractivity contribution >= 4 is 12.4 Å². The SMILES string of the molecule is CB=C(C)CC/C=C/C. The molecule has 0 rings (SSSR count). The van der Waals surface area contributed by atoms with Crippen LogP contribution in [0.1, 0.15) is 26.7 Å². The van der Waals surface area contributed by atoms with Gasteiger partial charge in [-0.2, -0.15) is 0 Å². The van der Waals surface area contributed by atoms with E-state index >= 15 is 0 Å². The van der Waals surface area contributed by atoms with Crippen molar-refractivity contribution in [3.63, 3.8) is 0 Å². The van der Waals surface area contributed by atoms with Gasteiger partial charge in [-0.25, -0.2) is 0 Å². The molecule has 0 fully saturated rings. The molecule has 0 aliphatic rings. The van der Waals surface area contributed by atoms with Gasteiger partial charge in [0.25, 0.3) is 0 Å². The maximum absolute atomic E-state index is 2.20. The van der Waals surface area contributed by atoms with Gasteiger partial charge in [0.1, 0.15) is 0 Å². The van der Waals surface area contributed by atoms with Gasteiger partial charge in [0.05, 0.1) is 0 Å². The zero-order chi connectivity index (χ0) is 7.11. The first-order valence-electron chi connectivity index (χ1n) is 3.54. The molecule has 0 nitrogen and oxygen atoms in total. The van der Waals surface area contributed by atoms with Gasteiger partial charge < -0.3 is 0 Å². The predicted molar refractivity (Wildman–Crippen MR) is 46.3 cm³/mol. The van der Waals surface area contributed by atoms with Gasteiger partial charge in [-0.3, -0.25) is 0 Å². The molecule has 0 bridgehead atoms. The zero-order valence-corrected chi connectivity index (χ0v) is 6.65. The molecule has 0 aromatic rings. The zero-order valence-electron chi connectivity index (χ0n) is 6.65. The Morgan fingerprint density at radius 2 is 2.22 bits per heavy atom.